The van der Waals surface area contributed by atoms with Crippen LogP contribution in [0.15, 0.2) is 4.99 Å². The second-order valence-electron chi connectivity index (χ2n) is 3.02. The lowest BCUT2D eigenvalue weighted by Gasteiger charge is -2.09. The fourth-order valence-corrected chi connectivity index (χ4v) is 0.877. The van der Waals surface area contributed by atoms with Gasteiger partial charge in [-0.25, -0.2) is 0 Å². The topological polar surface area (TPSA) is 45.7 Å². The van der Waals surface area contributed by atoms with Gasteiger partial charge in [0.15, 0.2) is 5.96 Å². The summed E-state index contributed by atoms with van der Waals surface area (Å²) in [4.78, 5) is 3.99. The Morgan fingerprint density at radius 1 is 1.43 bits per heavy atom. The number of rotatable bonds is 5. The first-order valence-corrected chi connectivity index (χ1v) is 4.70. The summed E-state index contributed by atoms with van der Waals surface area (Å²) in [6.07, 6.45) is 1.32. The predicted octanol–water partition coefficient (Wildman–Crippen LogP) is 1.21. The van der Waals surface area contributed by atoms with Crippen LogP contribution < -0.4 is 10.6 Å². The van der Waals surface area contributed by atoms with E-state index >= 15 is 0 Å². The standard InChI is InChI=1S/C9H21N3O.HI/c1-8(2)13-7-5-6-12-9(10-3)11-4;/h8H,5-7H2,1-4H3,(H2,10,11,12);1H. The molecule has 0 aliphatic carbocycles. The average molecular weight is 315 g/mol. The molecule has 0 radical (unpaired) electrons. The molecule has 0 atom stereocenters. The smallest absolute Gasteiger partial charge is 0.190 e. The van der Waals surface area contributed by atoms with Gasteiger partial charge in [0, 0.05) is 27.2 Å². The van der Waals surface area contributed by atoms with Gasteiger partial charge in [-0.05, 0) is 20.3 Å². The first-order chi connectivity index (χ1) is 6.20. The van der Waals surface area contributed by atoms with Crippen LogP contribution in [0.3, 0.4) is 0 Å². The molecule has 0 bridgehead atoms. The molecular formula is C9H22IN3O. The molecule has 0 unspecified atom stereocenters. The van der Waals surface area contributed by atoms with Crippen molar-refractivity contribution in [2.75, 3.05) is 27.2 Å². The van der Waals surface area contributed by atoms with E-state index in [0.29, 0.717) is 6.10 Å². The van der Waals surface area contributed by atoms with Crippen molar-refractivity contribution < 1.29 is 4.74 Å². The Morgan fingerprint density at radius 2 is 2.07 bits per heavy atom. The van der Waals surface area contributed by atoms with Crippen LogP contribution >= 0.6 is 24.0 Å². The molecule has 14 heavy (non-hydrogen) atoms. The van der Waals surface area contributed by atoms with Gasteiger partial charge in [-0.3, -0.25) is 4.99 Å². The van der Waals surface area contributed by atoms with Gasteiger partial charge in [-0.2, -0.15) is 0 Å². The van der Waals surface area contributed by atoms with Crippen molar-refractivity contribution in [2.45, 2.75) is 26.4 Å². The quantitative estimate of drug-likeness (QED) is 0.347. The molecule has 0 saturated carbocycles. The van der Waals surface area contributed by atoms with E-state index in [1.54, 1.807) is 7.05 Å². The Bertz CT molecular complexity index is 151. The van der Waals surface area contributed by atoms with E-state index in [1.165, 1.54) is 0 Å². The number of aliphatic imine (C=N–C) groups is 1. The van der Waals surface area contributed by atoms with Crippen molar-refractivity contribution in [3.05, 3.63) is 0 Å². The summed E-state index contributed by atoms with van der Waals surface area (Å²) in [5, 5.41) is 6.10. The Balaban J connectivity index is 0. The molecule has 0 aliphatic heterocycles. The van der Waals surface area contributed by atoms with Crippen molar-refractivity contribution in [1.82, 2.24) is 10.6 Å². The van der Waals surface area contributed by atoms with Crippen LogP contribution in [0.4, 0.5) is 0 Å². The minimum Gasteiger partial charge on any atom is -0.379 e. The van der Waals surface area contributed by atoms with Crippen LogP contribution in [0.1, 0.15) is 20.3 Å². The molecule has 0 aromatic rings. The number of hydrogen-bond acceptors (Lipinski definition) is 2. The molecule has 0 spiro atoms. The van der Waals surface area contributed by atoms with Gasteiger partial charge < -0.3 is 15.4 Å². The Labute approximate surface area is 104 Å². The largest absolute Gasteiger partial charge is 0.379 e. The van der Waals surface area contributed by atoms with Gasteiger partial charge in [-0.1, -0.05) is 0 Å². The minimum absolute atomic E-state index is 0. The molecule has 86 valence electrons. The summed E-state index contributed by atoms with van der Waals surface area (Å²) < 4.78 is 5.39. The molecule has 0 fully saturated rings. The lowest BCUT2D eigenvalue weighted by Crippen LogP contribution is -2.35. The lowest BCUT2D eigenvalue weighted by molar-refractivity contribution is 0.0776. The molecule has 0 heterocycles. The number of nitrogens with one attached hydrogen (secondary N) is 2. The molecule has 4 nitrogen and oxygen atoms in total. The van der Waals surface area contributed by atoms with E-state index < -0.39 is 0 Å². The first kappa shape index (κ1) is 16.4. The summed E-state index contributed by atoms with van der Waals surface area (Å²) in [6.45, 7) is 5.77. The highest BCUT2D eigenvalue weighted by atomic mass is 127. The van der Waals surface area contributed by atoms with Crippen LogP contribution in [-0.2, 0) is 4.74 Å². The summed E-state index contributed by atoms with van der Waals surface area (Å²) in [7, 11) is 3.60. The third-order valence-electron chi connectivity index (χ3n) is 1.53. The van der Waals surface area contributed by atoms with Crippen molar-refractivity contribution in [3.8, 4) is 0 Å². The number of guanidine groups is 1. The maximum Gasteiger partial charge on any atom is 0.190 e. The number of ether oxygens (including phenoxy) is 1. The highest BCUT2D eigenvalue weighted by Crippen LogP contribution is 1.88. The highest BCUT2D eigenvalue weighted by Gasteiger charge is 1.94. The molecule has 5 heteroatoms. The zero-order valence-electron chi connectivity index (χ0n) is 9.46. The van der Waals surface area contributed by atoms with Crippen molar-refractivity contribution >= 4 is 29.9 Å². The van der Waals surface area contributed by atoms with Crippen molar-refractivity contribution in [3.63, 3.8) is 0 Å². The molecule has 0 amide bonds. The molecule has 0 aliphatic rings. The van der Waals surface area contributed by atoms with E-state index in [-0.39, 0.29) is 24.0 Å². The maximum absolute atomic E-state index is 5.39. The normalized spacial score (nSPS) is 11.1. The van der Waals surface area contributed by atoms with Gasteiger partial charge >= 0.3 is 0 Å². The Kier molecular flexibility index (Phi) is 12.9. The highest BCUT2D eigenvalue weighted by molar-refractivity contribution is 14.0. The summed E-state index contributed by atoms with van der Waals surface area (Å²) in [6, 6.07) is 0. The molecule has 0 rings (SSSR count). The number of nitrogens with zero attached hydrogens (tertiary/aromatic N) is 1. The number of hydrogen-bond donors (Lipinski definition) is 2. The fraction of sp³-hybridized carbons (Fsp3) is 0.889. The van der Waals surface area contributed by atoms with E-state index in [4.69, 9.17) is 4.74 Å². The maximum atomic E-state index is 5.39. The first-order valence-electron chi connectivity index (χ1n) is 4.70. The molecule has 0 saturated heterocycles. The average Bonchev–Trinajstić information content (AvgIpc) is 2.11. The molecule has 0 aromatic heterocycles. The minimum atomic E-state index is 0. The zero-order valence-corrected chi connectivity index (χ0v) is 11.8. The van der Waals surface area contributed by atoms with E-state index in [0.717, 1.165) is 25.5 Å². The number of halogens is 1. The van der Waals surface area contributed by atoms with Gasteiger partial charge in [0.05, 0.1) is 6.10 Å². The van der Waals surface area contributed by atoms with Crippen LogP contribution in [0.5, 0.6) is 0 Å². The summed E-state index contributed by atoms with van der Waals surface area (Å²) >= 11 is 0. The molecular weight excluding hydrogens is 293 g/mol. The molecule has 0 aromatic carbocycles. The third kappa shape index (κ3) is 10.0. The van der Waals surface area contributed by atoms with E-state index in [1.807, 2.05) is 20.9 Å². The van der Waals surface area contributed by atoms with Gasteiger partial charge in [0.2, 0.25) is 0 Å². The SMILES string of the molecule is CN=C(NC)NCCCOC(C)C.I. The third-order valence-corrected chi connectivity index (χ3v) is 1.53. The monoisotopic (exact) mass is 315 g/mol. The molecule has 2 N–H and O–H groups in total. The van der Waals surface area contributed by atoms with Crippen LogP contribution in [0.2, 0.25) is 0 Å². The van der Waals surface area contributed by atoms with Crippen LogP contribution in [-0.4, -0.2) is 39.3 Å². The summed E-state index contributed by atoms with van der Waals surface area (Å²) in [5.41, 5.74) is 0. The van der Waals surface area contributed by atoms with Crippen molar-refractivity contribution in [2.24, 2.45) is 4.99 Å². The summed E-state index contributed by atoms with van der Waals surface area (Å²) in [5.74, 6) is 0.824. The Morgan fingerprint density at radius 3 is 2.50 bits per heavy atom. The second kappa shape index (κ2) is 11.0. The van der Waals surface area contributed by atoms with Crippen LogP contribution in [0, 0.1) is 0 Å². The predicted molar refractivity (Wildman–Crippen MR) is 71.5 cm³/mol. The zero-order chi connectivity index (χ0) is 10.1. The van der Waals surface area contributed by atoms with Crippen LogP contribution in [0.25, 0.3) is 0 Å². The Hall–Kier alpha value is -0.0400. The van der Waals surface area contributed by atoms with Crippen molar-refractivity contribution in [1.29, 1.82) is 0 Å². The van der Waals surface area contributed by atoms with E-state index in [2.05, 4.69) is 15.6 Å². The fourth-order valence-electron chi connectivity index (χ4n) is 0.877. The lowest BCUT2D eigenvalue weighted by atomic mass is 10.4. The second-order valence-corrected chi connectivity index (χ2v) is 3.02. The van der Waals surface area contributed by atoms with Gasteiger partial charge in [-0.15, -0.1) is 24.0 Å². The van der Waals surface area contributed by atoms with Gasteiger partial charge in [0.25, 0.3) is 0 Å². The van der Waals surface area contributed by atoms with E-state index in [9.17, 15) is 0 Å². The van der Waals surface area contributed by atoms with Gasteiger partial charge in [0.1, 0.15) is 0 Å².